The smallest absolute Gasteiger partial charge is 0.376 e. The van der Waals surface area contributed by atoms with Crippen molar-refractivity contribution >= 4 is 27.9 Å². The molecule has 0 spiro atoms. The Kier molecular flexibility index (Phi) is 11.9. The second-order valence-corrected chi connectivity index (χ2v) is 11.9. The third kappa shape index (κ3) is 8.44. The first kappa shape index (κ1) is 33.8. The minimum absolute atomic E-state index is 0.112. The number of benzene rings is 2. The molecule has 0 fully saturated rings. The standard InChI is InChI=1S/C17H12ClFN2O.C13H24N4O3S/c18-16-4-2-1-3-15(16)17(22,13-9-20-11-21-10-13)12-5-7-14(19)8-6-12;1-6-8-9-11-10(3)15-13(14-7-2)16-12(11)20-21(18,19)17(4)5/h1-11,22H;6-9H2,1-5H3,(H,14,15,16). The molecular formula is C30H36ClFN6O4S. The predicted molar refractivity (Wildman–Crippen MR) is 165 cm³/mol. The summed E-state index contributed by atoms with van der Waals surface area (Å²) in [4.78, 5) is 16.5. The second kappa shape index (κ2) is 15.1. The summed E-state index contributed by atoms with van der Waals surface area (Å²) in [6.45, 7) is 6.47. The lowest BCUT2D eigenvalue weighted by molar-refractivity contribution is 0.125. The highest BCUT2D eigenvalue weighted by Crippen LogP contribution is 2.39. The number of nitrogens with one attached hydrogen (secondary N) is 1. The summed E-state index contributed by atoms with van der Waals surface area (Å²) in [7, 11) is -0.998. The van der Waals surface area contributed by atoms with E-state index in [1.807, 2.05) is 13.8 Å². The molecule has 0 radical (unpaired) electrons. The van der Waals surface area contributed by atoms with Crippen molar-refractivity contribution in [1.82, 2.24) is 24.2 Å². The van der Waals surface area contributed by atoms with Crippen molar-refractivity contribution in [2.24, 2.45) is 0 Å². The first-order valence-electron chi connectivity index (χ1n) is 13.7. The van der Waals surface area contributed by atoms with Gasteiger partial charge in [-0.05, 0) is 50.5 Å². The topological polar surface area (TPSA) is 130 Å². The van der Waals surface area contributed by atoms with E-state index in [9.17, 15) is 17.9 Å². The van der Waals surface area contributed by atoms with Crippen molar-refractivity contribution in [3.8, 4) is 5.88 Å². The maximum atomic E-state index is 13.2. The van der Waals surface area contributed by atoms with Crippen LogP contribution < -0.4 is 9.50 Å². The fraction of sp³-hybridized carbons (Fsp3) is 0.333. The Morgan fingerprint density at radius 3 is 2.26 bits per heavy atom. The highest BCUT2D eigenvalue weighted by atomic mass is 35.5. The SMILES string of the molecule is CCCCc1c(C)nc(NCC)nc1OS(=O)(=O)N(C)C.OC(c1ccc(F)cc1)(c1cncnc1)c1ccccc1Cl. The maximum Gasteiger partial charge on any atom is 0.386 e. The third-order valence-electron chi connectivity index (χ3n) is 6.43. The van der Waals surface area contributed by atoms with Crippen LogP contribution in [0.4, 0.5) is 10.3 Å². The van der Waals surface area contributed by atoms with Crippen LogP contribution in [0.5, 0.6) is 5.88 Å². The van der Waals surface area contributed by atoms with Gasteiger partial charge in [-0.25, -0.2) is 19.3 Å². The molecule has 0 saturated heterocycles. The van der Waals surface area contributed by atoms with E-state index in [2.05, 4.69) is 32.2 Å². The molecule has 2 N–H and O–H groups in total. The molecule has 230 valence electrons. The van der Waals surface area contributed by atoms with Crippen molar-refractivity contribution in [2.45, 2.75) is 45.6 Å². The number of hydrogen-bond donors (Lipinski definition) is 2. The predicted octanol–water partition coefficient (Wildman–Crippen LogP) is 5.30. The summed E-state index contributed by atoms with van der Waals surface area (Å²) in [6.07, 6.45) is 7.00. The lowest BCUT2D eigenvalue weighted by Crippen LogP contribution is -2.29. The highest BCUT2D eigenvalue weighted by molar-refractivity contribution is 7.84. The van der Waals surface area contributed by atoms with Crippen LogP contribution >= 0.6 is 11.6 Å². The van der Waals surface area contributed by atoms with E-state index in [0.717, 1.165) is 28.4 Å². The first-order chi connectivity index (χ1) is 20.4. The number of hydrogen-bond acceptors (Lipinski definition) is 9. The van der Waals surface area contributed by atoms with Gasteiger partial charge in [0.15, 0.2) is 0 Å². The molecule has 2 aromatic heterocycles. The molecule has 4 rings (SSSR count). The Hall–Kier alpha value is -3.71. The number of aryl methyl sites for hydroxylation is 1. The summed E-state index contributed by atoms with van der Waals surface area (Å²) < 4.78 is 43.3. The molecule has 0 aliphatic rings. The van der Waals surface area contributed by atoms with Gasteiger partial charge in [0.2, 0.25) is 11.8 Å². The zero-order chi connectivity index (χ0) is 31.6. The molecule has 4 aromatic rings. The quantitative estimate of drug-likeness (QED) is 0.227. The average molecular weight is 631 g/mol. The average Bonchev–Trinajstić information content (AvgIpc) is 2.98. The Bertz CT molecular complexity index is 1590. The summed E-state index contributed by atoms with van der Waals surface area (Å²) in [5.41, 5.74) is 1.33. The molecule has 1 atom stereocenters. The number of unbranched alkanes of at least 4 members (excludes halogenated alkanes) is 1. The summed E-state index contributed by atoms with van der Waals surface area (Å²) >= 11 is 6.26. The van der Waals surface area contributed by atoms with Crippen molar-refractivity contribution in [3.63, 3.8) is 0 Å². The van der Waals surface area contributed by atoms with Gasteiger partial charge < -0.3 is 14.6 Å². The van der Waals surface area contributed by atoms with Crippen molar-refractivity contribution in [2.75, 3.05) is 26.0 Å². The van der Waals surface area contributed by atoms with Crippen molar-refractivity contribution < 1.29 is 22.1 Å². The molecule has 0 aliphatic heterocycles. The molecule has 2 heterocycles. The normalized spacial score (nSPS) is 12.7. The Morgan fingerprint density at radius 1 is 1.02 bits per heavy atom. The van der Waals surface area contributed by atoms with E-state index >= 15 is 0 Å². The van der Waals surface area contributed by atoms with Gasteiger partial charge >= 0.3 is 10.3 Å². The van der Waals surface area contributed by atoms with E-state index in [1.54, 1.807) is 24.3 Å². The van der Waals surface area contributed by atoms with E-state index in [1.165, 1.54) is 57.1 Å². The minimum atomic E-state index is -3.83. The Labute approximate surface area is 257 Å². The van der Waals surface area contributed by atoms with Crippen molar-refractivity contribution in [1.29, 1.82) is 0 Å². The van der Waals surface area contributed by atoms with Gasteiger partial charge in [-0.3, -0.25) is 0 Å². The largest absolute Gasteiger partial charge is 0.386 e. The van der Waals surface area contributed by atoms with Gasteiger partial charge in [-0.1, -0.05) is 55.3 Å². The molecule has 0 saturated carbocycles. The summed E-state index contributed by atoms with van der Waals surface area (Å²) in [6, 6.07) is 12.6. The van der Waals surface area contributed by atoms with Gasteiger partial charge in [0.05, 0.1) is 0 Å². The Balaban J connectivity index is 0.000000236. The van der Waals surface area contributed by atoms with Crippen LogP contribution in [0.15, 0.2) is 67.3 Å². The summed E-state index contributed by atoms with van der Waals surface area (Å²) in [5.74, 6) is 0.106. The van der Waals surface area contributed by atoms with E-state index in [4.69, 9.17) is 15.8 Å². The number of aromatic nitrogens is 4. The van der Waals surface area contributed by atoms with Crippen LogP contribution in [0, 0.1) is 12.7 Å². The van der Waals surface area contributed by atoms with Crippen LogP contribution in [-0.2, 0) is 22.3 Å². The van der Waals surface area contributed by atoms with Crippen LogP contribution in [0.1, 0.15) is 54.6 Å². The number of nitrogens with zero attached hydrogens (tertiary/aromatic N) is 5. The maximum absolute atomic E-state index is 13.2. The summed E-state index contributed by atoms with van der Waals surface area (Å²) in [5, 5.41) is 14.8. The van der Waals surface area contributed by atoms with Gasteiger partial charge in [0.1, 0.15) is 17.7 Å². The highest BCUT2D eigenvalue weighted by Gasteiger charge is 2.36. The second-order valence-electron chi connectivity index (χ2n) is 9.70. The lowest BCUT2D eigenvalue weighted by atomic mass is 9.81. The van der Waals surface area contributed by atoms with Gasteiger partial charge in [-0.15, -0.1) is 0 Å². The van der Waals surface area contributed by atoms with E-state index < -0.39 is 15.9 Å². The van der Waals surface area contributed by atoms with Gasteiger partial charge in [-0.2, -0.15) is 17.7 Å². The van der Waals surface area contributed by atoms with Crippen molar-refractivity contribution in [3.05, 3.63) is 106 Å². The van der Waals surface area contributed by atoms with Crippen LogP contribution in [0.2, 0.25) is 5.02 Å². The third-order valence-corrected chi connectivity index (χ3v) is 8.02. The molecule has 0 bridgehead atoms. The lowest BCUT2D eigenvalue weighted by Gasteiger charge is -2.30. The molecule has 0 aliphatic carbocycles. The number of rotatable bonds is 11. The molecule has 43 heavy (non-hydrogen) atoms. The molecule has 10 nitrogen and oxygen atoms in total. The first-order valence-corrected chi connectivity index (χ1v) is 15.4. The van der Waals surface area contributed by atoms with E-state index in [0.29, 0.717) is 40.6 Å². The number of aliphatic hydroxyl groups is 1. The van der Waals surface area contributed by atoms with Crippen LogP contribution in [-0.4, -0.2) is 58.4 Å². The Morgan fingerprint density at radius 2 is 1.67 bits per heavy atom. The fourth-order valence-corrected chi connectivity index (χ4v) is 4.86. The fourth-order valence-electron chi connectivity index (χ4n) is 4.10. The van der Waals surface area contributed by atoms with Gasteiger partial charge in [0, 0.05) is 60.4 Å². The van der Waals surface area contributed by atoms with Gasteiger partial charge in [0.25, 0.3) is 0 Å². The van der Waals surface area contributed by atoms with E-state index in [-0.39, 0.29) is 11.7 Å². The number of anilines is 1. The molecular weight excluding hydrogens is 595 g/mol. The molecule has 2 aromatic carbocycles. The minimum Gasteiger partial charge on any atom is -0.376 e. The molecule has 13 heteroatoms. The zero-order valence-corrected chi connectivity index (χ0v) is 26.3. The van der Waals surface area contributed by atoms with Crippen LogP contribution in [0.25, 0.3) is 0 Å². The van der Waals surface area contributed by atoms with Crippen LogP contribution in [0.3, 0.4) is 0 Å². The zero-order valence-electron chi connectivity index (χ0n) is 24.8. The number of halogens is 2. The monoisotopic (exact) mass is 630 g/mol. The molecule has 0 amide bonds. The molecule has 1 unspecified atom stereocenters.